The van der Waals surface area contributed by atoms with Gasteiger partial charge in [-0.3, -0.25) is 0 Å². The SMILES string of the molecule is CCOc1ccc(-c2csc(-c3ccc(S(N)(=O)=O)cc3)n2)cc1. The van der Waals surface area contributed by atoms with Crippen molar-refractivity contribution >= 4 is 21.4 Å². The Labute approximate surface area is 144 Å². The lowest BCUT2D eigenvalue weighted by atomic mass is 10.1. The Hall–Kier alpha value is -2.22. The molecule has 0 saturated carbocycles. The van der Waals surface area contributed by atoms with Crippen LogP contribution in [0.2, 0.25) is 0 Å². The highest BCUT2D eigenvalue weighted by atomic mass is 32.2. The molecule has 0 aliphatic carbocycles. The summed E-state index contributed by atoms with van der Waals surface area (Å²) in [6.07, 6.45) is 0. The molecule has 24 heavy (non-hydrogen) atoms. The average Bonchev–Trinajstić information content (AvgIpc) is 3.05. The van der Waals surface area contributed by atoms with Crippen molar-refractivity contribution in [2.24, 2.45) is 5.14 Å². The van der Waals surface area contributed by atoms with Crippen LogP contribution in [-0.4, -0.2) is 20.0 Å². The quantitative estimate of drug-likeness (QED) is 0.755. The first-order chi connectivity index (χ1) is 11.5. The van der Waals surface area contributed by atoms with E-state index in [0.29, 0.717) is 6.61 Å². The number of rotatable bonds is 5. The Morgan fingerprint density at radius 3 is 2.25 bits per heavy atom. The molecule has 124 valence electrons. The van der Waals surface area contributed by atoms with Gasteiger partial charge in [0.05, 0.1) is 17.2 Å². The highest BCUT2D eigenvalue weighted by molar-refractivity contribution is 7.89. The zero-order valence-electron chi connectivity index (χ0n) is 13.0. The Morgan fingerprint density at radius 2 is 1.67 bits per heavy atom. The first-order valence-corrected chi connectivity index (χ1v) is 9.72. The largest absolute Gasteiger partial charge is 0.494 e. The van der Waals surface area contributed by atoms with Crippen LogP contribution in [0.3, 0.4) is 0 Å². The number of sulfonamides is 1. The smallest absolute Gasteiger partial charge is 0.238 e. The van der Waals surface area contributed by atoms with Crippen molar-refractivity contribution in [3.63, 3.8) is 0 Å². The third-order valence-corrected chi connectivity index (χ3v) is 5.22. The number of hydrogen-bond acceptors (Lipinski definition) is 5. The van der Waals surface area contributed by atoms with Crippen molar-refractivity contribution < 1.29 is 13.2 Å². The zero-order valence-corrected chi connectivity index (χ0v) is 14.6. The summed E-state index contributed by atoms with van der Waals surface area (Å²) < 4.78 is 28.0. The fraction of sp³-hybridized carbons (Fsp3) is 0.118. The van der Waals surface area contributed by atoms with Crippen molar-refractivity contribution in [2.75, 3.05) is 6.61 Å². The van der Waals surface area contributed by atoms with Crippen LogP contribution in [0, 0.1) is 0 Å². The van der Waals surface area contributed by atoms with Gasteiger partial charge in [-0.2, -0.15) is 0 Å². The highest BCUT2D eigenvalue weighted by Gasteiger charge is 2.10. The minimum atomic E-state index is -3.68. The van der Waals surface area contributed by atoms with Crippen LogP contribution in [0.15, 0.2) is 58.8 Å². The molecule has 0 radical (unpaired) electrons. The molecule has 0 amide bonds. The molecule has 0 bridgehead atoms. The molecular formula is C17H16N2O3S2. The lowest BCUT2D eigenvalue weighted by molar-refractivity contribution is 0.340. The molecule has 0 aliphatic rings. The van der Waals surface area contributed by atoms with Gasteiger partial charge in [0.15, 0.2) is 0 Å². The third-order valence-electron chi connectivity index (χ3n) is 3.40. The van der Waals surface area contributed by atoms with Crippen molar-refractivity contribution in [2.45, 2.75) is 11.8 Å². The Bertz CT molecular complexity index is 931. The summed E-state index contributed by atoms with van der Waals surface area (Å²) in [7, 11) is -3.68. The summed E-state index contributed by atoms with van der Waals surface area (Å²) in [6, 6.07) is 14.2. The van der Waals surface area contributed by atoms with Gasteiger partial charge in [-0.1, -0.05) is 12.1 Å². The fourth-order valence-electron chi connectivity index (χ4n) is 2.21. The van der Waals surface area contributed by atoms with E-state index < -0.39 is 10.0 Å². The lowest BCUT2D eigenvalue weighted by Crippen LogP contribution is -2.11. The molecule has 1 heterocycles. The lowest BCUT2D eigenvalue weighted by Gasteiger charge is -2.03. The first-order valence-electron chi connectivity index (χ1n) is 7.29. The van der Waals surface area contributed by atoms with Crippen LogP contribution in [0.25, 0.3) is 21.8 Å². The maximum absolute atomic E-state index is 11.3. The topological polar surface area (TPSA) is 82.3 Å². The van der Waals surface area contributed by atoms with Crippen molar-refractivity contribution in [1.29, 1.82) is 0 Å². The molecule has 0 atom stereocenters. The molecule has 5 nitrogen and oxygen atoms in total. The van der Waals surface area contributed by atoms with Crippen LogP contribution in [0.4, 0.5) is 0 Å². The summed E-state index contributed by atoms with van der Waals surface area (Å²) in [5.74, 6) is 0.829. The van der Waals surface area contributed by atoms with Gasteiger partial charge in [0.1, 0.15) is 10.8 Å². The van der Waals surface area contributed by atoms with E-state index in [1.807, 2.05) is 36.6 Å². The van der Waals surface area contributed by atoms with Gasteiger partial charge >= 0.3 is 0 Å². The second kappa shape index (κ2) is 6.72. The molecule has 1 aromatic heterocycles. The van der Waals surface area contributed by atoms with Crippen LogP contribution in [0.5, 0.6) is 5.75 Å². The van der Waals surface area contributed by atoms with Gasteiger partial charge in [0.2, 0.25) is 10.0 Å². The number of ether oxygens (including phenoxy) is 1. The van der Waals surface area contributed by atoms with E-state index in [1.165, 1.54) is 23.5 Å². The van der Waals surface area contributed by atoms with Crippen LogP contribution < -0.4 is 9.88 Å². The van der Waals surface area contributed by atoms with Gasteiger partial charge < -0.3 is 4.74 Å². The van der Waals surface area contributed by atoms with E-state index in [2.05, 4.69) is 4.98 Å². The number of aromatic nitrogens is 1. The molecule has 0 unspecified atom stereocenters. The number of nitrogens with two attached hydrogens (primary N) is 1. The molecule has 7 heteroatoms. The van der Waals surface area contributed by atoms with Crippen molar-refractivity contribution in [1.82, 2.24) is 4.98 Å². The van der Waals surface area contributed by atoms with E-state index in [0.717, 1.165) is 27.6 Å². The Kier molecular flexibility index (Phi) is 4.66. The first kappa shape index (κ1) is 16.6. The average molecular weight is 360 g/mol. The molecule has 0 fully saturated rings. The fourth-order valence-corrected chi connectivity index (χ4v) is 3.57. The second-order valence-corrected chi connectivity index (χ2v) is 7.48. The van der Waals surface area contributed by atoms with Crippen molar-refractivity contribution in [3.05, 3.63) is 53.9 Å². The number of primary sulfonamides is 1. The Balaban J connectivity index is 1.85. The molecule has 2 aromatic carbocycles. The number of nitrogens with zero attached hydrogens (tertiary/aromatic N) is 1. The normalized spacial score (nSPS) is 11.4. The van der Waals surface area contributed by atoms with Crippen molar-refractivity contribution in [3.8, 4) is 27.6 Å². The Morgan fingerprint density at radius 1 is 1.04 bits per heavy atom. The maximum Gasteiger partial charge on any atom is 0.238 e. The molecule has 3 rings (SSSR count). The third kappa shape index (κ3) is 3.64. The number of thiazole rings is 1. The summed E-state index contributed by atoms with van der Waals surface area (Å²) in [6.45, 7) is 2.58. The predicted octanol–water partition coefficient (Wildman–Crippen LogP) is 3.52. The molecule has 3 aromatic rings. The van der Waals surface area contributed by atoms with Crippen LogP contribution >= 0.6 is 11.3 Å². The minimum absolute atomic E-state index is 0.0922. The monoisotopic (exact) mass is 360 g/mol. The highest BCUT2D eigenvalue weighted by Crippen LogP contribution is 2.30. The maximum atomic E-state index is 11.3. The van der Waals surface area contributed by atoms with E-state index in [9.17, 15) is 8.42 Å². The molecular weight excluding hydrogens is 344 g/mol. The standard InChI is InChI=1S/C17H16N2O3S2/c1-2-22-14-7-3-12(4-8-14)16-11-23-17(19-16)13-5-9-15(10-6-13)24(18,20)21/h3-11H,2H2,1H3,(H2,18,20,21). The van der Waals surface area contributed by atoms with Gasteiger partial charge in [-0.05, 0) is 43.3 Å². The van der Waals surface area contributed by atoms with E-state index in [-0.39, 0.29) is 4.90 Å². The number of benzene rings is 2. The van der Waals surface area contributed by atoms with Gasteiger partial charge in [0.25, 0.3) is 0 Å². The minimum Gasteiger partial charge on any atom is -0.494 e. The summed E-state index contributed by atoms with van der Waals surface area (Å²) >= 11 is 1.50. The zero-order chi connectivity index (χ0) is 17.2. The van der Waals surface area contributed by atoms with E-state index in [1.54, 1.807) is 12.1 Å². The molecule has 0 aliphatic heterocycles. The number of hydrogen-bond donors (Lipinski definition) is 1. The van der Waals surface area contributed by atoms with E-state index in [4.69, 9.17) is 9.88 Å². The van der Waals surface area contributed by atoms with Crippen LogP contribution in [-0.2, 0) is 10.0 Å². The predicted molar refractivity (Wildman–Crippen MR) is 95.5 cm³/mol. The second-order valence-electron chi connectivity index (χ2n) is 5.06. The molecule has 0 saturated heterocycles. The van der Waals surface area contributed by atoms with Gasteiger partial charge in [-0.15, -0.1) is 11.3 Å². The van der Waals surface area contributed by atoms with Gasteiger partial charge in [0, 0.05) is 16.5 Å². The van der Waals surface area contributed by atoms with Gasteiger partial charge in [-0.25, -0.2) is 18.5 Å². The molecule has 0 spiro atoms. The summed E-state index contributed by atoms with van der Waals surface area (Å²) in [5, 5.41) is 7.90. The summed E-state index contributed by atoms with van der Waals surface area (Å²) in [5.41, 5.74) is 2.72. The van der Waals surface area contributed by atoms with Crippen LogP contribution in [0.1, 0.15) is 6.92 Å². The molecule has 2 N–H and O–H groups in total. The summed E-state index contributed by atoms with van der Waals surface area (Å²) in [4.78, 5) is 4.71. The van der Waals surface area contributed by atoms with E-state index >= 15 is 0 Å².